The number of hydrogen-bond donors (Lipinski definition) is 1. The minimum Gasteiger partial charge on any atom is -0.355 e. The number of anilines is 2. The summed E-state index contributed by atoms with van der Waals surface area (Å²) in [4.78, 5) is 0. The van der Waals surface area contributed by atoms with Crippen LogP contribution in [-0.4, -0.2) is 0 Å². The molecule has 1 heteroatoms. The van der Waals surface area contributed by atoms with Crippen molar-refractivity contribution >= 4 is 43.7 Å². The Morgan fingerprint density at radius 2 is 1.00 bits per heavy atom. The lowest BCUT2D eigenvalue weighted by Gasteiger charge is -2.15. The van der Waals surface area contributed by atoms with Crippen LogP contribution in [0.2, 0.25) is 0 Å². The second-order valence-electron chi connectivity index (χ2n) is 7.92. The minimum absolute atomic E-state index is 1.09. The van der Waals surface area contributed by atoms with Crippen molar-refractivity contribution in [1.82, 2.24) is 0 Å². The first-order valence-electron chi connectivity index (χ1n) is 10.6. The normalized spacial score (nSPS) is 11.2. The van der Waals surface area contributed by atoms with Crippen molar-refractivity contribution in [1.29, 1.82) is 0 Å². The van der Waals surface area contributed by atoms with Crippen LogP contribution in [0.1, 0.15) is 0 Å². The predicted molar refractivity (Wildman–Crippen MR) is 134 cm³/mol. The van der Waals surface area contributed by atoms with Crippen molar-refractivity contribution in [3.8, 4) is 11.1 Å². The molecule has 1 nitrogen and oxygen atoms in total. The molecule has 0 heterocycles. The highest BCUT2D eigenvalue weighted by Crippen LogP contribution is 2.37. The topological polar surface area (TPSA) is 12.0 Å². The van der Waals surface area contributed by atoms with Gasteiger partial charge < -0.3 is 5.32 Å². The van der Waals surface area contributed by atoms with Gasteiger partial charge in [-0.1, -0.05) is 103 Å². The van der Waals surface area contributed by atoms with Crippen LogP contribution in [0.4, 0.5) is 11.4 Å². The van der Waals surface area contributed by atoms with E-state index in [1.165, 1.54) is 43.4 Å². The molecular weight excluding hydrogens is 374 g/mol. The monoisotopic (exact) mass is 395 g/mol. The molecule has 146 valence electrons. The van der Waals surface area contributed by atoms with Crippen LogP contribution in [0, 0.1) is 0 Å². The van der Waals surface area contributed by atoms with E-state index < -0.39 is 0 Å². The van der Waals surface area contributed by atoms with Crippen molar-refractivity contribution in [3.63, 3.8) is 0 Å². The number of rotatable bonds is 3. The highest BCUT2D eigenvalue weighted by atomic mass is 14.9. The summed E-state index contributed by atoms with van der Waals surface area (Å²) in [5.74, 6) is 0. The molecule has 1 N–H and O–H groups in total. The van der Waals surface area contributed by atoms with E-state index in [1.54, 1.807) is 0 Å². The molecule has 0 amide bonds. The lowest BCUT2D eigenvalue weighted by molar-refractivity contribution is 1.57. The standard InChI is InChI=1S/C30H21N/c1-2-8-21(9-3-1)22-14-17-24(18-15-22)31-30-20-29-25-11-5-4-10-23(25)16-19-27(29)26-12-6-7-13-28(26)30/h1-20,31H. The van der Waals surface area contributed by atoms with Gasteiger partial charge in [-0.3, -0.25) is 0 Å². The first kappa shape index (κ1) is 17.7. The molecule has 0 bridgehead atoms. The Balaban J connectivity index is 1.49. The number of benzene rings is 6. The molecule has 0 aliphatic rings. The molecular formula is C30H21N. The van der Waals surface area contributed by atoms with Gasteiger partial charge in [0.15, 0.2) is 0 Å². The third-order valence-corrected chi connectivity index (χ3v) is 6.04. The number of nitrogens with one attached hydrogen (secondary N) is 1. The van der Waals surface area contributed by atoms with E-state index in [1.807, 2.05) is 6.07 Å². The van der Waals surface area contributed by atoms with Gasteiger partial charge in [-0.05, 0) is 56.3 Å². The third kappa shape index (κ3) is 3.12. The van der Waals surface area contributed by atoms with Gasteiger partial charge in [0.2, 0.25) is 0 Å². The summed E-state index contributed by atoms with van der Waals surface area (Å²) in [6, 6.07) is 43.2. The molecule has 31 heavy (non-hydrogen) atoms. The van der Waals surface area contributed by atoms with E-state index in [0.29, 0.717) is 0 Å². The highest BCUT2D eigenvalue weighted by molar-refractivity contribution is 6.20. The summed E-state index contributed by atoms with van der Waals surface area (Å²) < 4.78 is 0. The van der Waals surface area contributed by atoms with Crippen molar-refractivity contribution in [3.05, 3.63) is 121 Å². The quantitative estimate of drug-likeness (QED) is 0.296. The molecule has 0 fully saturated rings. The lowest BCUT2D eigenvalue weighted by Crippen LogP contribution is -1.93. The summed E-state index contributed by atoms with van der Waals surface area (Å²) in [6.45, 7) is 0. The smallest absolute Gasteiger partial charge is 0.0470 e. The Kier molecular flexibility index (Phi) is 4.18. The van der Waals surface area contributed by atoms with Crippen molar-refractivity contribution in [2.75, 3.05) is 5.32 Å². The second kappa shape index (κ2) is 7.30. The van der Waals surface area contributed by atoms with Crippen molar-refractivity contribution < 1.29 is 0 Å². The molecule has 0 saturated heterocycles. The summed E-state index contributed by atoms with van der Waals surface area (Å²) in [7, 11) is 0. The van der Waals surface area contributed by atoms with E-state index >= 15 is 0 Å². The molecule has 0 aromatic heterocycles. The largest absolute Gasteiger partial charge is 0.355 e. The summed E-state index contributed by atoms with van der Waals surface area (Å²) in [5, 5.41) is 11.3. The molecule has 0 aliphatic heterocycles. The fraction of sp³-hybridized carbons (Fsp3) is 0. The molecule has 0 aliphatic carbocycles. The summed E-state index contributed by atoms with van der Waals surface area (Å²) >= 11 is 0. The SMILES string of the molecule is c1ccc(-c2ccc(Nc3cc4c5ccccc5ccc4c4ccccc34)cc2)cc1. The van der Waals surface area contributed by atoms with Gasteiger partial charge >= 0.3 is 0 Å². The zero-order chi connectivity index (χ0) is 20.6. The maximum absolute atomic E-state index is 3.68. The fourth-order valence-electron chi connectivity index (χ4n) is 4.50. The second-order valence-corrected chi connectivity index (χ2v) is 7.92. The number of fused-ring (bicyclic) bond motifs is 5. The molecule has 0 radical (unpaired) electrons. The Morgan fingerprint density at radius 1 is 0.387 bits per heavy atom. The first-order chi connectivity index (χ1) is 15.4. The Bertz CT molecular complexity index is 1530. The Labute approximate surface area is 181 Å². The Morgan fingerprint density at radius 3 is 1.81 bits per heavy atom. The average molecular weight is 396 g/mol. The molecule has 0 atom stereocenters. The van der Waals surface area contributed by atoms with E-state index in [2.05, 4.69) is 121 Å². The van der Waals surface area contributed by atoms with E-state index in [0.717, 1.165) is 11.4 Å². The molecule has 6 rings (SSSR count). The van der Waals surface area contributed by atoms with E-state index in [9.17, 15) is 0 Å². The van der Waals surface area contributed by atoms with E-state index in [-0.39, 0.29) is 0 Å². The maximum atomic E-state index is 3.68. The molecule has 0 unspecified atom stereocenters. The minimum atomic E-state index is 1.09. The van der Waals surface area contributed by atoms with Crippen LogP contribution >= 0.6 is 0 Å². The molecule has 0 spiro atoms. The zero-order valence-electron chi connectivity index (χ0n) is 17.0. The van der Waals surface area contributed by atoms with Gasteiger partial charge in [0.1, 0.15) is 0 Å². The summed E-state index contributed by atoms with van der Waals surface area (Å²) in [6.07, 6.45) is 0. The highest BCUT2D eigenvalue weighted by Gasteiger charge is 2.09. The van der Waals surface area contributed by atoms with Crippen molar-refractivity contribution in [2.45, 2.75) is 0 Å². The predicted octanol–water partition coefficient (Wildman–Crippen LogP) is 8.56. The zero-order valence-corrected chi connectivity index (χ0v) is 17.0. The van der Waals surface area contributed by atoms with Gasteiger partial charge in [0, 0.05) is 16.8 Å². The fourth-order valence-corrected chi connectivity index (χ4v) is 4.50. The molecule has 6 aromatic rings. The van der Waals surface area contributed by atoms with E-state index in [4.69, 9.17) is 0 Å². The summed E-state index contributed by atoms with van der Waals surface area (Å²) in [5.41, 5.74) is 4.67. The lowest BCUT2D eigenvalue weighted by atomic mass is 9.96. The average Bonchev–Trinajstić information content (AvgIpc) is 2.85. The third-order valence-electron chi connectivity index (χ3n) is 6.04. The van der Waals surface area contributed by atoms with Crippen molar-refractivity contribution in [2.24, 2.45) is 0 Å². The van der Waals surface area contributed by atoms with Crippen LogP contribution in [0.5, 0.6) is 0 Å². The maximum Gasteiger partial charge on any atom is 0.0470 e. The van der Waals surface area contributed by atoms with Gasteiger partial charge in [0.05, 0.1) is 0 Å². The van der Waals surface area contributed by atoms with Gasteiger partial charge in [-0.15, -0.1) is 0 Å². The molecule has 6 aromatic carbocycles. The van der Waals surface area contributed by atoms with Crippen LogP contribution in [0.15, 0.2) is 121 Å². The van der Waals surface area contributed by atoms with Crippen LogP contribution in [-0.2, 0) is 0 Å². The van der Waals surface area contributed by atoms with Gasteiger partial charge in [0.25, 0.3) is 0 Å². The number of hydrogen-bond acceptors (Lipinski definition) is 1. The van der Waals surface area contributed by atoms with Gasteiger partial charge in [-0.25, -0.2) is 0 Å². The van der Waals surface area contributed by atoms with Crippen LogP contribution < -0.4 is 5.32 Å². The van der Waals surface area contributed by atoms with Crippen LogP contribution in [0.25, 0.3) is 43.4 Å². The van der Waals surface area contributed by atoms with Crippen LogP contribution in [0.3, 0.4) is 0 Å². The Hall–Kier alpha value is -4.10. The first-order valence-corrected chi connectivity index (χ1v) is 10.6. The van der Waals surface area contributed by atoms with Gasteiger partial charge in [-0.2, -0.15) is 0 Å². The molecule has 0 saturated carbocycles.